The van der Waals surface area contributed by atoms with Crippen LogP contribution in [0.25, 0.3) is 5.69 Å². The number of aromatic nitrogens is 2. The summed E-state index contributed by atoms with van der Waals surface area (Å²) in [7, 11) is 0. The molecule has 1 aliphatic rings. The van der Waals surface area contributed by atoms with Crippen molar-refractivity contribution in [3.63, 3.8) is 0 Å². The first-order valence-electron chi connectivity index (χ1n) is 8.82. The van der Waals surface area contributed by atoms with E-state index in [2.05, 4.69) is 10.4 Å². The highest BCUT2D eigenvalue weighted by Gasteiger charge is 2.24. The quantitative estimate of drug-likeness (QED) is 0.596. The lowest BCUT2D eigenvalue weighted by atomic mass is 10.0. The number of carbonyl (C=O) groups excluding carboxylic acids is 1. The van der Waals surface area contributed by atoms with Gasteiger partial charge >= 0.3 is 0 Å². The second-order valence-corrected chi connectivity index (χ2v) is 6.62. The number of hydrogen-bond acceptors (Lipinski definition) is 5. The summed E-state index contributed by atoms with van der Waals surface area (Å²) < 4.78 is 7.36. The number of aliphatic hydroxyl groups is 1. The third kappa shape index (κ3) is 4.36. The maximum atomic E-state index is 12.9. The minimum Gasteiger partial charge on any atom is -0.493 e. The van der Waals surface area contributed by atoms with Crippen LogP contribution in [0.1, 0.15) is 35.9 Å². The van der Waals surface area contributed by atoms with Crippen LogP contribution in [0.3, 0.4) is 0 Å². The number of nitriles is 1. The summed E-state index contributed by atoms with van der Waals surface area (Å²) in [4.78, 5) is 12.9. The van der Waals surface area contributed by atoms with Crippen LogP contribution in [0.4, 0.5) is 0 Å². The number of amides is 1. The van der Waals surface area contributed by atoms with E-state index < -0.39 is 18.1 Å². The molecule has 7 heteroatoms. The topological polar surface area (TPSA) is 100 Å². The predicted molar refractivity (Wildman–Crippen MR) is 99.7 cm³/mol. The molecule has 2 bridgehead atoms. The number of nitrogens with zero attached hydrogens (tertiary/aromatic N) is 3. The van der Waals surface area contributed by atoms with E-state index in [1.54, 1.807) is 23.7 Å². The zero-order valence-electron chi connectivity index (χ0n) is 15.3. The van der Waals surface area contributed by atoms with Crippen LogP contribution >= 0.6 is 0 Å². The lowest BCUT2D eigenvalue weighted by molar-refractivity contribution is 0.0882. The van der Waals surface area contributed by atoms with E-state index in [1.807, 2.05) is 37.3 Å². The van der Waals surface area contributed by atoms with Gasteiger partial charge in [0.15, 0.2) is 6.10 Å². The summed E-state index contributed by atoms with van der Waals surface area (Å²) in [5, 5.41) is 26.3. The minimum absolute atomic E-state index is 0.331. The Hall–Kier alpha value is -3.11. The van der Waals surface area contributed by atoms with Gasteiger partial charge in [0.25, 0.3) is 5.91 Å². The molecule has 0 aliphatic carbocycles. The Labute approximate surface area is 157 Å². The fourth-order valence-electron chi connectivity index (χ4n) is 2.92. The lowest BCUT2D eigenvalue weighted by Crippen LogP contribution is -2.43. The molecule has 27 heavy (non-hydrogen) atoms. The van der Waals surface area contributed by atoms with Gasteiger partial charge in [0, 0.05) is 12.5 Å². The monoisotopic (exact) mass is 366 g/mol. The predicted octanol–water partition coefficient (Wildman–Crippen LogP) is 2.28. The Kier molecular flexibility index (Phi) is 5.57. The average molecular weight is 366 g/mol. The average Bonchev–Trinajstić information content (AvgIpc) is 3.06. The highest BCUT2D eigenvalue weighted by Crippen LogP contribution is 2.20. The summed E-state index contributed by atoms with van der Waals surface area (Å²) in [5.74, 6) is 0.305. The molecule has 0 spiro atoms. The molecule has 1 unspecified atom stereocenters. The van der Waals surface area contributed by atoms with E-state index in [1.165, 1.54) is 0 Å². The zero-order valence-corrected chi connectivity index (χ0v) is 15.3. The van der Waals surface area contributed by atoms with Crippen LogP contribution < -0.4 is 10.1 Å². The number of aryl methyl sites for hydroxylation is 1. The van der Waals surface area contributed by atoms with Gasteiger partial charge in [0.1, 0.15) is 11.4 Å². The minimum atomic E-state index is -1.30. The molecule has 7 nitrogen and oxygen atoms in total. The molecular weight excluding hydrogens is 344 g/mol. The van der Waals surface area contributed by atoms with Crippen molar-refractivity contribution in [1.82, 2.24) is 15.1 Å². The van der Waals surface area contributed by atoms with Gasteiger partial charge in [0.2, 0.25) is 0 Å². The maximum absolute atomic E-state index is 12.9. The van der Waals surface area contributed by atoms with Crippen LogP contribution in [0.5, 0.6) is 5.75 Å². The van der Waals surface area contributed by atoms with Crippen LogP contribution in [0, 0.1) is 18.3 Å². The molecule has 3 rings (SSSR count). The van der Waals surface area contributed by atoms with Crippen LogP contribution in [0.15, 0.2) is 42.0 Å². The molecule has 2 atom stereocenters. The number of aliphatic hydroxyl groups excluding tert-OH is 1. The van der Waals surface area contributed by atoms with Crippen molar-refractivity contribution in [1.29, 1.82) is 5.26 Å². The van der Waals surface area contributed by atoms with Gasteiger partial charge in [-0.2, -0.15) is 10.4 Å². The number of benzene rings is 1. The van der Waals surface area contributed by atoms with Crippen molar-refractivity contribution in [2.75, 3.05) is 6.61 Å². The Bertz CT molecular complexity index is 910. The smallest absolute Gasteiger partial charge is 0.270 e. The number of carbonyl (C=O) groups is 1. The first-order chi connectivity index (χ1) is 13.0. The number of fused-ring (bicyclic) bond motifs is 4. The van der Waals surface area contributed by atoms with Crippen molar-refractivity contribution in [2.45, 2.75) is 38.8 Å². The number of ether oxygens (including phenoxy) is 1. The summed E-state index contributed by atoms with van der Waals surface area (Å²) >= 11 is 0. The molecule has 2 aromatic rings. The first kappa shape index (κ1) is 18.7. The standard InChI is InChI=1S/C20H22N4O3/c1-13-6-7-17(19(25)12-21)22-20(26)18-10-14(2)23-24(18)15-4-3-5-16(11-15)27-9-8-13/h3-6,10-11,17,19,25H,7-9H2,1-2H3,(H,22,26)/b13-6+/t17-,19?/m0/s1. The Morgan fingerprint density at radius 1 is 1.41 bits per heavy atom. The Balaban J connectivity index is 2.04. The van der Waals surface area contributed by atoms with Crippen LogP contribution in [-0.2, 0) is 0 Å². The van der Waals surface area contributed by atoms with Gasteiger partial charge in [-0.1, -0.05) is 17.7 Å². The summed E-state index contributed by atoms with van der Waals surface area (Å²) in [6.07, 6.45) is 1.67. The largest absolute Gasteiger partial charge is 0.493 e. The molecule has 1 aromatic heterocycles. The van der Waals surface area contributed by atoms with Gasteiger partial charge in [0.05, 0.1) is 30.1 Å². The van der Waals surface area contributed by atoms with Gasteiger partial charge in [-0.25, -0.2) is 4.68 Å². The van der Waals surface area contributed by atoms with E-state index in [9.17, 15) is 9.90 Å². The van der Waals surface area contributed by atoms with Crippen LogP contribution in [0.2, 0.25) is 0 Å². The molecule has 0 fully saturated rings. The van der Waals surface area contributed by atoms with Gasteiger partial charge in [-0.05, 0) is 38.5 Å². The van der Waals surface area contributed by atoms with Crippen molar-refractivity contribution in [2.24, 2.45) is 0 Å². The van der Waals surface area contributed by atoms with E-state index in [0.29, 0.717) is 42.3 Å². The molecule has 1 aliphatic heterocycles. The number of rotatable bonds is 1. The van der Waals surface area contributed by atoms with E-state index >= 15 is 0 Å². The SMILES string of the molecule is C/C1=C\C[C@@H](C(O)C#N)NC(=O)c2cc(C)nn2-c2cccc(c2)OCC1. The fourth-order valence-corrected chi connectivity index (χ4v) is 2.92. The molecule has 2 N–H and O–H groups in total. The normalized spacial score (nSPS) is 20.7. The third-order valence-corrected chi connectivity index (χ3v) is 4.44. The third-order valence-electron chi connectivity index (χ3n) is 4.44. The van der Waals surface area contributed by atoms with Crippen molar-refractivity contribution >= 4 is 5.91 Å². The van der Waals surface area contributed by atoms with Gasteiger partial charge in [-0.3, -0.25) is 4.79 Å². The van der Waals surface area contributed by atoms with Crippen molar-refractivity contribution < 1.29 is 14.6 Å². The lowest BCUT2D eigenvalue weighted by Gasteiger charge is -2.20. The molecule has 1 amide bonds. The molecule has 140 valence electrons. The second-order valence-electron chi connectivity index (χ2n) is 6.62. The molecule has 0 radical (unpaired) electrons. The zero-order chi connectivity index (χ0) is 19.4. The summed E-state index contributed by atoms with van der Waals surface area (Å²) in [6, 6.07) is 10.1. The highest BCUT2D eigenvalue weighted by atomic mass is 16.5. The van der Waals surface area contributed by atoms with E-state index in [4.69, 9.17) is 10.00 Å². The summed E-state index contributed by atoms with van der Waals surface area (Å²) in [5.41, 5.74) is 2.78. The Morgan fingerprint density at radius 3 is 3.00 bits per heavy atom. The first-order valence-corrected chi connectivity index (χ1v) is 8.82. The highest BCUT2D eigenvalue weighted by molar-refractivity contribution is 5.93. The van der Waals surface area contributed by atoms with E-state index in [0.717, 1.165) is 5.57 Å². The van der Waals surface area contributed by atoms with Crippen molar-refractivity contribution in [3.05, 3.63) is 53.4 Å². The maximum Gasteiger partial charge on any atom is 0.270 e. The van der Waals surface area contributed by atoms with Crippen LogP contribution in [-0.4, -0.2) is 39.5 Å². The van der Waals surface area contributed by atoms with Crippen molar-refractivity contribution in [3.8, 4) is 17.5 Å². The van der Waals surface area contributed by atoms with Gasteiger partial charge < -0.3 is 15.2 Å². The second kappa shape index (κ2) is 8.06. The molecule has 0 saturated carbocycles. The molecule has 2 heterocycles. The van der Waals surface area contributed by atoms with E-state index in [-0.39, 0.29) is 0 Å². The van der Waals surface area contributed by atoms with Gasteiger partial charge in [-0.15, -0.1) is 0 Å². The summed E-state index contributed by atoms with van der Waals surface area (Å²) in [6.45, 7) is 4.27. The molecule has 1 aromatic carbocycles. The number of hydrogen-bond donors (Lipinski definition) is 2. The molecule has 0 saturated heterocycles. The number of nitrogens with one attached hydrogen (secondary N) is 1. The molecular formula is C20H22N4O3. The fraction of sp³-hybridized carbons (Fsp3) is 0.350. The Morgan fingerprint density at radius 2 is 2.22 bits per heavy atom.